The summed E-state index contributed by atoms with van der Waals surface area (Å²) < 4.78 is 10.8. The Balaban J connectivity index is 1.76. The van der Waals surface area contributed by atoms with Crippen LogP contribution < -0.4 is 10.1 Å². The molecule has 0 saturated heterocycles. The molecule has 0 aliphatic rings. The van der Waals surface area contributed by atoms with Crippen molar-refractivity contribution in [3.63, 3.8) is 0 Å². The lowest BCUT2D eigenvalue weighted by Crippen LogP contribution is -2.15. The van der Waals surface area contributed by atoms with Crippen molar-refractivity contribution in [2.45, 2.75) is 13.5 Å². The van der Waals surface area contributed by atoms with Crippen molar-refractivity contribution in [2.75, 3.05) is 5.32 Å². The van der Waals surface area contributed by atoms with E-state index >= 15 is 0 Å². The average Bonchev–Trinajstić information content (AvgIpc) is 2.96. The Kier molecular flexibility index (Phi) is 4.82. The Morgan fingerprint density at radius 3 is 2.62 bits per heavy atom. The van der Waals surface area contributed by atoms with Crippen LogP contribution in [0.4, 0.5) is 5.69 Å². The first-order valence-corrected chi connectivity index (χ1v) is 7.72. The lowest BCUT2D eigenvalue weighted by atomic mass is 10.2. The molecule has 0 spiro atoms. The molecule has 0 radical (unpaired) electrons. The Morgan fingerprint density at radius 2 is 1.88 bits per heavy atom. The minimum Gasteiger partial charge on any atom is -0.487 e. The summed E-state index contributed by atoms with van der Waals surface area (Å²) in [5.41, 5.74) is 1.47. The normalized spacial score (nSPS) is 10.4. The van der Waals surface area contributed by atoms with Crippen LogP contribution in [-0.4, -0.2) is 11.1 Å². The maximum Gasteiger partial charge on any atom is 0.278 e. The highest BCUT2D eigenvalue weighted by Crippen LogP contribution is 2.25. The Labute approximate surface area is 144 Å². The number of nitrogens with one attached hydrogen (secondary N) is 1. The fourth-order valence-corrected chi connectivity index (χ4v) is 2.35. The molecule has 0 unspecified atom stereocenters. The number of nitrogens with zero attached hydrogens (tertiary/aromatic N) is 1. The summed E-state index contributed by atoms with van der Waals surface area (Å²) in [6.07, 6.45) is 0. The summed E-state index contributed by atoms with van der Waals surface area (Å²) in [6.45, 7) is 1.87. The molecule has 2 aromatic carbocycles. The monoisotopic (exact) mass is 342 g/mol. The highest BCUT2D eigenvalue weighted by atomic mass is 35.5. The van der Waals surface area contributed by atoms with E-state index in [9.17, 15) is 4.79 Å². The van der Waals surface area contributed by atoms with Gasteiger partial charge in [-0.2, -0.15) is 0 Å². The standard InChI is InChI=1S/C18H15ClN2O3/c1-12-14(11-23-16-10-6-5-9-15(16)19)17(21-24-12)18(22)20-13-7-3-2-4-8-13/h2-10H,11H2,1H3,(H,20,22). The molecule has 122 valence electrons. The van der Waals surface area contributed by atoms with E-state index in [-0.39, 0.29) is 18.2 Å². The number of carbonyl (C=O) groups excluding carboxylic acids is 1. The number of hydrogen-bond donors (Lipinski definition) is 1. The predicted molar refractivity (Wildman–Crippen MR) is 91.4 cm³/mol. The zero-order valence-electron chi connectivity index (χ0n) is 13.0. The largest absolute Gasteiger partial charge is 0.487 e. The van der Waals surface area contributed by atoms with Crippen LogP contribution in [0.25, 0.3) is 0 Å². The summed E-state index contributed by atoms with van der Waals surface area (Å²) in [6, 6.07) is 16.3. The second kappa shape index (κ2) is 7.19. The summed E-state index contributed by atoms with van der Waals surface area (Å²) in [5.74, 6) is 0.713. The summed E-state index contributed by atoms with van der Waals surface area (Å²) in [4.78, 5) is 12.4. The molecule has 3 rings (SSSR count). The fourth-order valence-electron chi connectivity index (χ4n) is 2.16. The predicted octanol–water partition coefficient (Wildman–Crippen LogP) is 4.47. The Hall–Kier alpha value is -2.79. The zero-order chi connectivity index (χ0) is 16.9. The molecule has 0 bridgehead atoms. The highest BCUT2D eigenvalue weighted by molar-refractivity contribution is 6.32. The first-order chi connectivity index (χ1) is 11.6. The minimum absolute atomic E-state index is 0.136. The fraction of sp³-hybridized carbons (Fsp3) is 0.111. The number of rotatable bonds is 5. The van der Waals surface area contributed by atoms with Crippen LogP contribution in [0.2, 0.25) is 5.02 Å². The number of aromatic nitrogens is 1. The minimum atomic E-state index is -0.351. The van der Waals surface area contributed by atoms with Gasteiger partial charge < -0.3 is 14.6 Å². The molecular formula is C18H15ClN2O3. The third-order valence-corrected chi connectivity index (χ3v) is 3.75. The summed E-state index contributed by atoms with van der Waals surface area (Å²) in [7, 11) is 0. The summed E-state index contributed by atoms with van der Waals surface area (Å²) >= 11 is 6.07. The number of carbonyl (C=O) groups is 1. The number of aryl methyl sites for hydroxylation is 1. The van der Waals surface area contributed by atoms with Crippen LogP contribution in [0.15, 0.2) is 59.1 Å². The van der Waals surface area contributed by atoms with Crippen molar-refractivity contribution in [1.29, 1.82) is 0 Å². The van der Waals surface area contributed by atoms with Gasteiger partial charge in [0.25, 0.3) is 5.91 Å². The van der Waals surface area contributed by atoms with Crippen molar-refractivity contribution < 1.29 is 14.1 Å². The van der Waals surface area contributed by atoms with Crippen LogP contribution in [0, 0.1) is 6.92 Å². The van der Waals surface area contributed by atoms with Crippen molar-refractivity contribution in [2.24, 2.45) is 0 Å². The molecule has 1 amide bonds. The van der Waals surface area contributed by atoms with Gasteiger partial charge in [-0.15, -0.1) is 0 Å². The van der Waals surface area contributed by atoms with E-state index in [2.05, 4.69) is 10.5 Å². The first-order valence-electron chi connectivity index (χ1n) is 7.34. The molecule has 6 heteroatoms. The quantitative estimate of drug-likeness (QED) is 0.743. The van der Waals surface area contributed by atoms with Gasteiger partial charge in [0.15, 0.2) is 5.69 Å². The molecule has 0 saturated carbocycles. The second-order valence-corrected chi connectivity index (χ2v) is 5.51. The van der Waals surface area contributed by atoms with E-state index in [0.717, 1.165) is 0 Å². The van der Waals surface area contributed by atoms with Crippen LogP contribution in [0.3, 0.4) is 0 Å². The van der Waals surface area contributed by atoms with E-state index < -0.39 is 0 Å². The molecule has 1 N–H and O–H groups in total. The third kappa shape index (κ3) is 3.58. The molecule has 0 atom stereocenters. The van der Waals surface area contributed by atoms with Crippen LogP contribution in [0.1, 0.15) is 21.8 Å². The smallest absolute Gasteiger partial charge is 0.278 e. The van der Waals surface area contributed by atoms with Gasteiger partial charge in [0.1, 0.15) is 18.1 Å². The number of anilines is 1. The van der Waals surface area contributed by atoms with Crippen molar-refractivity contribution in [3.8, 4) is 5.75 Å². The van der Waals surface area contributed by atoms with Crippen LogP contribution in [-0.2, 0) is 6.61 Å². The maximum absolute atomic E-state index is 12.4. The molecule has 0 aliphatic carbocycles. The van der Waals surface area contributed by atoms with Gasteiger partial charge in [-0.05, 0) is 31.2 Å². The van der Waals surface area contributed by atoms with E-state index in [0.29, 0.717) is 27.8 Å². The van der Waals surface area contributed by atoms with Crippen LogP contribution in [0.5, 0.6) is 5.75 Å². The SMILES string of the molecule is Cc1onc(C(=O)Nc2ccccc2)c1COc1ccccc1Cl. The molecule has 24 heavy (non-hydrogen) atoms. The van der Waals surface area contributed by atoms with Gasteiger partial charge in [-0.1, -0.05) is 47.1 Å². The molecule has 3 aromatic rings. The summed E-state index contributed by atoms with van der Waals surface area (Å²) in [5, 5.41) is 7.13. The number of amides is 1. The zero-order valence-corrected chi connectivity index (χ0v) is 13.7. The lowest BCUT2D eigenvalue weighted by molar-refractivity contribution is 0.101. The molecule has 0 aliphatic heterocycles. The molecule has 5 nitrogen and oxygen atoms in total. The van der Waals surface area contributed by atoms with E-state index in [4.69, 9.17) is 20.9 Å². The third-order valence-electron chi connectivity index (χ3n) is 3.44. The number of hydrogen-bond acceptors (Lipinski definition) is 4. The van der Waals surface area contributed by atoms with Crippen molar-refractivity contribution >= 4 is 23.2 Å². The second-order valence-electron chi connectivity index (χ2n) is 5.11. The van der Waals surface area contributed by atoms with E-state index in [1.807, 2.05) is 30.3 Å². The molecule has 1 heterocycles. The van der Waals surface area contributed by atoms with Crippen molar-refractivity contribution in [3.05, 3.63) is 76.6 Å². The molecular weight excluding hydrogens is 328 g/mol. The Bertz CT molecular complexity index is 846. The van der Waals surface area contributed by atoms with Crippen molar-refractivity contribution in [1.82, 2.24) is 5.16 Å². The Morgan fingerprint density at radius 1 is 1.17 bits per heavy atom. The van der Waals surface area contributed by atoms with Crippen LogP contribution >= 0.6 is 11.6 Å². The topological polar surface area (TPSA) is 64.4 Å². The highest BCUT2D eigenvalue weighted by Gasteiger charge is 2.20. The average molecular weight is 343 g/mol. The van der Waals surface area contributed by atoms with Gasteiger partial charge in [-0.25, -0.2) is 0 Å². The van der Waals surface area contributed by atoms with E-state index in [1.54, 1.807) is 31.2 Å². The van der Waals surface area contributed by atoms with Gasteiger partial charge in [0, 0.05) is 5.69 Å². The number of halogens is 1. The van der Waals surface area contributed by atoms with Gasteiger partial charge >= 0.3 is 0 Å². The maximum atomic E-state index is 12.4. The lowest BCUT2D eigenvalue weighted by Gasteiger charge is -2.08. The molecule has 0 fully saturated rings. The van der Waals surface area contributed by atoms with E-state index in [1.165, 1.54) is 0 Å². The number of para-hydroxylation sites is 2. The van der Waals surface area contributed by atoms with Gasteiger partial charge in [0.2, 0.25) is 0 Å². The number of ether oxygens (including phenoxy) is 1. The van der Waals surface area contributed by atoms with Gasteiger partial charge in [-0.3, -0.25) is 4.79 Å². The van der Waals surface area contributed by atoms with Gasteiger partial charge in [0.05, 0.1) is 10.6 Å². The number of benzene rings is 2. The first kappa shape index (κ1) is 16.1. The molecule has 1 aromatic heterocycles.